The quantitative estimate of drug-likeness (QED) is 0.304. The molecule has 0 fully saturated rings. The molecule has 0 aliphatic carbocycles. The molecule has 0 saturated heterocycles. The minimum Gasteiger partial charge on any atom is -0.497 e. The third-order valence-corrected chi connectivity index (χ3v) is 5.19. The van der Waals surface area contributed by atoms with Gasteiger partial charge in [-0.3, -0.25) is 9.55 Å². The summed E-state index contributed by atoms with van der Waals surface area (Å²) in [7, 11) is 1.64. The summed E-state index contributed by atoms with van der Waals surface area (Å²) >= 11 is 1.53. The van der Waals surface area contributed by atoms with Crippen LogP contribution in [0, 0.1) is 5.82 Å². The molecule has 0 aliphatic heterocycles. The minimum atomic E-state index is -0.284. The van der Waals surface area contributed by atoms with E-state index >= 15 is 0 Å². The van der Waals surface area contributed by atoms with Gasteiger partial charge in [0.15, 0.2) is 11.0 Å². The van der Waals surface area contributed by atoms with Crippen molar-refractivity contribution in [3.8, 4) is 28.6 Å². The summed E-state index contributed by atoms with van der Waals surface area (Å²) in [6.07, 6.45) is 3.46. The summed E-state index contributed by atoms with van der Waals surface area (Å²) in [6, 6.07) is 17.5. The van der Waals surface area contributed by atoms with Crippen LogP contribution in [0.3, 0.4) is 0 Å². The maximum Gasteiger partial charge on any atom is 0.196 e. The molecule has 2 aromatic carbocycles. The third-order valence-electron chi connectivity index (χ3n) is 4.30. The fourth-order valence-electron chi connectivity index (χ4n) is 2.84. The molecule has 30 heavy (non-hydrogen) atoms. The number of halogens is 1. The number of pyridine rings is 1. The Morgan fingerprint density at radius 2 is 1.60 bits per heavy atom. The van der Waals surface area contributed by atoms with E-state index in [1.807, 2.05) is 41.0 Å². The highest BCUT2D eigenvalue weighted by Gasteiger charge is 2.16. The fraction of sp³-hybridized carbons (Fsp3) is 0.136. The SMILES string of the molecule is COc1ccc(-n2c(SCCOc3ccc(F)cc3)nnc2-c2ccncc2)cc1. The molecule has 0 bridgehead atoms. The predicted molar refractivity (Wildman–Crippen MR) is 114 cm³/mol. The highest BCUT2D eigenvalue weighted by molar-refractivity contribution is 7.99. The number of hydrogen-bond acceptors (Lipinski definition) is 6. The van der Waals surface area contributed by atoms with Crippen molar-refractivity contribution < 1.29 is 13.9 Å². The first-order valence-corrected chi connectivity index (χ1v) is 10.2. The number of thioether (sulfide) groups is 1. The topological polar surface area (TPSA) is 62.1 Å². The van der Waals surface area contributed by atoms with Crippen molar-refractivity contribution >= 4 is 11.8 Å². The Kier molecular flexibility index (Phi) is 6.24. The molecule has 152 valence electrons. The number of methoxy groups -OCH3 is 1. The zero-order valence-corrected chi connectivity index (χ0v) is 17.1. The summed E-state index contributed by atoms with van der Waals surface area (Å²) in [5.74, 6) is 2.50. The summed E-state index contributed by atoms with van der Waals surface area (Å²) < 4.78 is 25.9. The Morgan fingerprint density at radius 1 is 0.900 bits per heavy atom. The zero-order valence-electron chi connectivity index (χ0n) is 16.2. The number of hydrogen-bond donors (Lipinski definition) is 0. The lowest BCUT2D eigenvalue weighted by atomic mass is 10.2. The van der Waals surface area contributed by atoms with E-state index in [9.17, 15) is 4.39 Å². The van der Waals surface area contributed by atoms with Crippen LogP contribution in [0.4, 0.5) is 4.39 Å². The van der Waals surface area contributed by atoms with Gasteiger partial charge in [-0.1, -0.05) is 11.8 Å². The lowest BCUT2D eigenvalue weighted by Crippen LogP contribution is -2.03. The van der Waals surface area contributed by atoms with E-state index in [-0.39, 0.29) is 5.82 Å². The average Bonchev–Trinajstić information content (AvgIpc) is 3.22. The second-order valence-corrected chi connectivity index (χ2v) is 7.29. The van der Waals surface area contributed by atoms with Crippen LogP contribution in [0.2, 0.25) is 0 Å². The first kappa shape index (κ1) is 19.9. The Bertz CT molecular complexity index is 1090. The molecule has 0 unspecified atom stereocenters. The molecule has 8 heteroatoms. The van der Waals surface area contributed by atoms with Gasteiger partial charge in [-0.2, -0.15) is 0 Å². The van der Waals surface area contributed by atoms with Crippen LogP contribution in [-0.4, -0.2) is 39.2 Å². The first-order valence-electron chi connectivity index (χ1n) is 9.26. The molecule has 4 aromatic rings. The molecule has 0 spiro atoms. The van der Waals surface area contributed by atoms with E-state index < -0.39 is 0 Å². The van der Waals surface area contributed by atoms with E-state index in [1.54, 1.807) is 31.6 Å². The first-order chi connectivity index (χ1) is 14.7. The predicted octanol–water partition coefficient (Wildman–Crippen LogP) is 4.65. The Labute approximate surface area is 177 Å². The van der Waals surface area contributed by atoms with Crippen LogP contribution in [0.5, 0.6) is 11.5 Å². The van der Waals surface area contributed by atoms with Crippen LogP contribution >= 0.6 is 11.8 Å². The van der Waals surface area contributed by atoms with Crippen molar-refractivity contribution in [1.29, 1.82) is 0 Å². The van der Waals surface area contributed by atoms with Gasteiger partial charge in [0, 0.05) is 29.4 Å². The van der Waals surface area contributed by atoms with E-state index in [0.717, 1.165) is 28.0 Å². The van der Waals surface area contributed by atoms with Crippen LogP contribution in [0.1, 0.15) is 0 Å². The molecule has 2 aromatic heterocycles. The minimum absolute atomic E-state index is 0.284. The number of benzene rings is 2. The van der Waals surface area contributed by atoms with Gasteiger partial charge in [0.2, 0.25) is 0 Å². The van der Waals surface area contributed by atoms with Crippen molar-refractivity contribution in [3.05, 3.63) is 78.9 Å². The summed E-state index contributed by atoms with van der Waals surface area (Å²) in [5, 5.41) is 9.53. The van der Waals surface area contributed by atoms with Crippen molar-refractivity contribution in [2.24, 2.45) is 0 Å². The summed E-state index contributed by atoms with van der Waals surface area (Å²) in [4.78, 5) is 4.08. The monoisotopic (exact) mass is 422 g/mol. The highest BCUT2D eigenvalue weighted by atomic mass is 32.2. The smallest absolute Gasteiger partial charge is 0.196 e. The molecule has 6 nitrogen and oxygen atoms in total. The standard InChI is InChI=1S/C22H19FN4O2S/c1-28-19-8-4-18(5-9-19)27-21(16-10-12-24-13-11-16)25-26-22(27)30-15-14-29-20-6-2-17(23)3-7-20/h2-13H,14-15H2,1H3. The normalized spacial score (nSPS) is 10.7. The highest BCUT2D eigenvalue weighted by Crippen LogP contribution is 2.28. The number of rotatable bonds is 8. The maximum atomic E-state index is 13.0. The fourth-order valence-corrected chi connectivity index (χ4v) is 3.61. The van der Waals surface area contributed by atoms with Crippen molar-refractivity contribution in [2.45, 2.75) is 5.16 Å². The van der Waals surface area contributed by atoms with Crippen LogP contribution in [0.15, 0.2) is 78.2 Å². The van der Waals surface area contributed by atoms with Gasteiger partial charge in [-0.15, -0.1) is 10.2 Å². The average molecular weight is 422 g/mol. The molecule has 4 rings (SSSR count). The maximum absolute atomic E-state index is 13.0. The van der Waals surface area contributed by atoms with Gasteiger partial charge in [-0.25, -0.2) is 4.39 Å². The largest absolute Gasteiger partial charge is 0.497 e. The summed E-state index contributed by atoms with van der Waals surface area (Å²) in [5.41, 5.74) is 1.84. The second kappa shape index (κ2) is 9.41. The number of nitrogens with zero attached hydrogens (tertiary/aromatic N) is 4. The van der Waals surface area contributed by atoms with Gasteiger partial charge >= 0.3 is 0 Å². The van der Waals surface area contributed by atoms with Gasteiger partial charge in [0.1, 0.15) is 17.3 Å². The molecule has 0 atom stereocenters. The van der Waals surface area contributed by atoms with Crippen molar-refractivity contribution in [3.63, 3.8) is 0 Å². The Morgan fingerprint density at radius 3 is 2.30 bits per heavy atom. The van der Waals surface area contributed by atoms with Gasteiger partial charge in [0.25, 0.3) is 0 Å². The molecule has 0 amide bonds. The molecular formula is C22H19FN4O2S. The number of ether oxygens (including phenoxy) is 2. The Balaban J connectivity index is 1.54. The number of aromatic nitrogens is 4. The molecule has 2 heterocycles. The van der Waals surface area contributed by atoms with E-state index in [0.29, 0.717) is 18.1 Å². The van der Waals surface area contributed by atoms with E-state index in [2.05, 4.69) is 15.2 Å². The van der Waals surface area contributed by atoms with E-state index in [1.165, 1.54) is 23.9 Å². The van der Waals surface area contributed by atoms with Gasteiger partial charge in [0.05, 0.1) is 13.7 Å². The van der Waals surface area contributed by atoms with Gasteiger partial charge in [-0.05, 0) is 60.7 Å². The van der Waals surface area contributed by atoms with Crippen LogP contribution in [0.25, 0.3) is 17.1 Å². The molecule has 0 aliphatic rings. The summed E-state index contributed by atoms with van der Waals surface area (Å²) in [6.45, 7) is 0.455. The zero-order chi connectivity index (χ0) is 20.8. The second-order valence-electron chi connectivity index (χ2n) is 6.23. The molecule has 0 N–H and O–H groups in total. The lowest BCUT2D eigenvalue weighted by Gasteiger charge is -2.11. The molecule has 0 saturated carbocycles. The third kappa shape index (κ3) is 4.60. The Hall–Kier alpha value is -3.39. The molecule has 0 radical (unpaired) electrons. The van der Waals surface area contributed by atoms with E-state index in [4.69, 9.17) is 9.47 Å². The van der Waals surface area contributed by atoms with Crippen LogP contribution < -0.4 is 9.47 Å². The lowest BCUT2D eigenvalue weighted by molar-refractivity contribution is 0.343. The van der Waals surface area contributed by atoms with Crippen molar-refractivity contribution in [1.82, 2.24) is 19.7 Å². The van der Waals surface area contributed by atoms with Gasteiger partial charge < -0.3 is 9.47 Å². The molecular weight excluding hydrogens is 403 g/mol. The van der Waals surface area contributed by atoms with Crippen molar-refractivity contribution in [2.75, 3.05) is 19.5 Å². The van der Waals surface area contributed by atoms with Crippen LogP contribution in [-0.2, 0) is 0 Å².